The molecule has 8 nitrogen and oxygen atoms in total. The summed E-state index contributed by atoms with van der Waals surface area (Å²) in [5, 5.41) is 18.6. The van der Waals surface area contributed by atoms with Crippen LogP contribution in [-0.4, -0.2) is 44.9 Å². The first kappa shape index (κ1) is 32.3. The zero-order valence-electron chi connectivity index (χ0n) is 27.7. The van der Waals surface area contributed by atoms with Crippen molar-refractivity contribution >= 4 is 5.91 Å². The molecule has 2 aromatic heterocycles. The Balaban J connectivity index is 1.15. The molecule has 3 N–H and O–H groups in total. The van der Waals surface area contributed by atoms with Gasteiger partial charge < -0.3 is 25.0 Å². The number of carbonyl (C=O) groups is 1. The molecule has 250 valence electrons. The molecule has 8 heteroatoms. The Labute approximate surface area is 282 Å². The van der Waals surface area contributed by atoms with Crippen molar-refractivity contribution in [1.29, 1.82) is 0 Å². The van der Waals surface area contributed by atoms with Crippen LogP contribution in [0.25, 0.3) is 11.3 Å². The van der Waals surface area contributed by atoms with Gasteiger partial charge in [0.05, 0.1) is 29.0 Å². The average Bonchev–Trinajstić information content (AvgIpc) is 3.65. The van der Waals surface area contributed by atoms with Crippen molar-refractivity contribution in [2.75, 3.05) is 6.54 Å². The second kappa shape index (κ2) is 14.1. The van der Waals surface area contributed by atoms with Crippen molar-refractivity contribution in [2.45, 2.75) is 101 Å². The lowest BCUT2D eigenvalue weighted by atomic mass is 9.72. The lowest BCUT2D eigenvalue weighted by molar-refractivity contribution is -0.0382. The van der Waals surface area contributed by atoms with Gasteiger partial charge in [0.2, 0.25) is 0 Å². The van der Waals surface area contributed by atoms with E-state index >= 15 is 0 Å². The van der Waals surface area contributed by atoms with E-state index in [4.69, 9.17) is 4.74 Å². The minimum Gasteiger partial charge on any atom is -0.487 e. The third-order valence-electron chi connectivity index (χ3n) is 10.6. The first-order valence-corrected chi connectivity index (χ1v) is 17.7. The summed E-state index contributed by atoms with van der Waals surface area (Å²) >= 11 is 0. The van der Waals surface area contributed by atoms with Crippen molar-refractivity contribution in [3.63, 3.8) is 0 Å². The Morgan fingerprint density at radius 3 is 2.52 bits per heavy atom. The number of rotatable bonds is 11. The van der Waals surface area contributed by atoms with E-state index in [0.717, 1.165) is 68.2 Å². The highest BCUT2D eigenvalue weighted by molar-refractivity contribution is 5.95. The van der Waals surface area contributed by atoms with Crippen LogP contribution in [0.2, 0.25) is 0 Å². The quantitative estimate of drug-likeness (QED) is 0.176. The molecule has 0 bridgehead atoms. The van der Waals surface area contributed by atoms with Gasteiger partial charge in [-0.3, -0.25) is 14.6 Å². The first-order valence-electron chi connectivity index (χ1n) is 17.7. The Kier molecular flexibility index (Phi) is 9.46. The fourth-order valence-electron chi connectivity index (χ4n) is 7.69. The van der Waals surface area contributed by atoms with Gasteiger partial charge in [0.1, 0.15) is 11.4 Å². The van der Waals surface area contributed by atoms with E-state index in [1.54, 1.807) is 29.1 Å². The second-order valence-electron chi connectivity index (χ2n) is 13.9. The number of aliphatic hydroxyl groups is 1. The van der Waals surface area contributed by atoms with E-state index in [-0.39, 0.29) is 29.2 Å². The van der Waals surface area contributed by atoms with Crippen molar-refractivity contribution < 1.29 is 14.6 Å². The first-order chi connectivity index (χ1) is 23.4. The maximum Gasteiger partial charge on any atom is 0.260 e. The number of nitrogens with one attached hydrogen (secondary N) is 2. The third kappa shape index (κ3) is 6.82. The monoisotopic (exact) mass is 646 g/mol. The molecule has 2 aromatic carbocycles. The summed E-state index contributed by atoms with van der Waals surface area (Å²) in [6.45, 7) is 2.45. The maximum atomic E-state index is 14.1. The van der Waals surface area contributed by atoms with Crippen molar-refractivity contribution in [2.24, 2.45) is 0 Å². The molecule has 0 unspecified atom stereocenters. The average molecular weight is 647 g/mol. The Bertz CT molecular complexity index is 1780. The van der Waals surface area contributed by atoms with Gasteiger partial charge in [-0.1, -0.05) is 68.3 Å². The van der Waals surface area contributed by atoms with E-state index in [9.17, 15) is 14.7 Å². The number of aryl methyl sites for hydroxylation is 1. The normalized spacial score (nSPS) is 19.6. The Morgan fingerprint density at radius 1 is 1.02 bits per heavy atom. The summed E-state index contributed by atoms with van der Waals surface area (Å²) in [5.74, 6) is 0.608. The number of carbonyl (C=O) groups excluding carboxylic acids is 1. The molecular formula is C40H46N4O4. The molecule has 2 aliphatic carbocycles. The highest BCUT2D eigenvalue weighted by Crippen LogP contribution is 2.49. The fraction of sp³-hybridized carbons (Fsp3) is 0.425. The van der Waals surface area contributed by atoms with Gasteiger partial charge >= 0.3 is 0 Å². The van der Waals surface area contributed by atoms with Crippen LogP contribution in [0.15, 0.2) is 90.0 Å². The summed E-state index contributed by atoms with van der Waals surface area (Å²) in [4.78, 5) is 32.2. The number of aliphatic hydroxyl groups excluding tert-OH is 1. The zero-order valence-corrected chi connectivity index (χ0v) is 27.7. The van der Waals surface area contributed by atoms with Crippen LogP contribution in [0, 0.1) is 0 Å². The standard InChI is InChI=1S/C40H46N4O4/c1-2-27-16-17-37-31(21-27)35(24-40(48-37)18-10-19-40)42-25-36(45)34(22-28-11-4-3-5-12-28)43-38(46)29-23-32(33-15-8-9-20-41-33)39(47)44(26-29)30-13-6-7-14-30/h3-5,8-9,11-12,15-17,20-21,23,26,30,34-36,42,45H,2,6-7,10,13-14,18-19,22,24-25H2,1H3,(H,43,46)/t34-,35-,36+/m0/s1. The summed E-state index contributed by atoms with van der Waals surface area (Å²) in [6, 6.07) is 23.0. The Morgan fingerprint density at radius 2 is 1.81 bits per heavy atom. The van der Waals surface area contributed by atoms with Crippen LogP contribution >= 0.6 is 0 Å². The summed E-state index contributed by atoms with van der Waals surface area (Å²) in [7, 11) is 0. The van der Waals surface area contributed by atoms with E-state index in [2.05, 4.69) is 40.7 Å². The summed E-state index contributed by atoms with van der Waals surface area (Å²) in [5.41, 5.74) is 4.48. The van der Waals surface area contributed by atoms with Gasteiger partial charge in [0, 0.05) is 43.0 Å². The molecule has 1 spiro atoms. The van der Waals surface area contributed by atoms with Gasteiger partial charge in [-0.15, -0.1) is 0 Å². The second-order valence-corrected chi connectivity index (χ2v) is 13.9. The fourth-order valence-corrected chi connectivity index (χ4v) is 7.69. The molecule has 7 rings (SSSR count). The molecule has 0 saturated heterocycles. The third-order valence-corrected chi connectivity index (χ3v) is 10.6. The van der Waals surface area contributed by atoms with Gasteiger partial charge in [-0.25, -0.2) is 0 Å². The number of benzene rings is 2. The number of fused-ring (bicyclic) bond motifs is 1. The van der Waals surface area contributed by atoms with Crippen LogP contribution < -0.4 is 20.9 Å². The number of ether oxygens (including phenoxy) is 1. The van der Waals surface area contributed by atoms with Crippen LogP contribution in [0.3, 0.4) is 0 Å². The molecule has 2 fully saturated rings. The number of amides is 1. The summed E-state index contributed by atoms with van der Waals surface area (Å²) < 4.78 is 8.26. The highest BCUT2D eigenvalue weighted by atomic mass is 16.5. The number of hydrogen-bond donors (Lipinski definition) is 3. The van der Waals surface area contributed by atoms with Crippen molar-refractivity contribution in [1.82, 2.24) is 20.2 Å². The van der Waals surface area contributed by atoms with Gasteiger partial charge in [0.25, 0.3) is 11.5 Å². The van der Waals surface area contributed by atoms with Crippen LogP contribution in [0.1, 0.15) is 97.4 Å². The van der Waals surface area contributed by atoms with E-state index in [1.165, 1.54) is 12.0 Å². The molecule has 2 saturated carbocycles. The van der Waals surface area contributed by atoms with Crippen molar-refractivity contribution in [3.8, 4) is 17.0 Å². The van der Waals surface area contributed by atoms with Gasteiger partial charge in [-0.2, -0.15) is 0 Å². The number of pyridine rings is 2. The molecule has 48 heavy (non-hydrogen) atoms. The molecule has 3 atom stereocenters. The predicted octanol–water partition coefficient (Wildman–Crippen LogP) is 6.33. The maximum absolute atomic E-state index is 14.1. The largest absolute Gasteiger partial charge is 0.487 e. The Hall–Kier alpha value is -4.27. The molecule has 1 amide bonds. The van der Waals surface area contributed by atoms with Gasteiger partial charge in [-0.05, 0) is 80.3 Å². The molecule has 3 heterocycles. The minimum atomic E-state index is -0.872. The number of hydrogen-bond acceptors (Lipinski definition) is 6. The molecule has 0 radical (unpaired) electrons. The lowest BCUT2D eigenvalue weighted by Gasteiger charge is -2.48. The van der Waals surface area contributed by atoms with Crippen molar-refractivity contribution in [3.05, 3.63) is 118 Å². The highest BCUT2D eigenvalue weighted by Gasteiger charge is 2.45. The molecule has 3 aliphatic rings. The van der Waals surface area contributed by atoms with Crippen LogP contribution in [-0.2, 0) is 12.8 Å². The zero-order chi connectivity index (χ0) is 33.1. The summed E-state index contributed by atoms with van der Waals surface area (Å²) in [6.07, 6.45) is 11.9. The smallest absolute Gasteiger partial charge is 0.260 e. The topological polar surface area (TPSA) is 105 Å². The van der Waals surface area contributed by atoms with E-state index in [0.29, 0.717) is 29.8 Å². The van der Waals surface area contributed by atoms with E-state index < -0.39 is 12.1 Å². The molecule has 1 aliphatic heterocycles. The van der Waals surface area contributed by atoms with Crippen LogP contribution in [0.5, 0.6) is 5.75 Å². The molecule has 4 aromatic rings. The van der Waals surface area contributed by atoms with E-state index in [1.807, 2.05) is 42.5 Å². The minimum absolute atomic E-state index is 0.0409. The number of aromatic nitrogens is 2. The predicted molar refractivity (Wildman–Crippen MR) is 187 cm³/mol. The number of nitrogens with zero attached hydrogens (tertiary/aromatic N) is 2. The SMILES string of the molecule is CCc1ccc2c(c1)[C@@H](NC[C@@H](O)[C@H](Cc1ccccc1)NC(=O)c1cc(-c3ccccn3)c(=O)n(C3CCCC3)c1)CC1(CCC1)O2. The lowest BCUT2D eigenvalue weighted by Crippen LogP contribution is -2.52. The van der Waals surface area contributed by atoms with Crippen LogP contribution in [0.4, 0.5) is 0 Å². The van der Waals surface area contributed by atoms with Gasteiger partial charge in [0.15, 0.2) is 0 Å². The molecular weight excluding hydrogens is 600 g/mol.